The van der Waals surface area contributed by atoms with Crippen molar-refractivity contribution in [3.05, 3.63) is 40.3 Å². The molecule has 0 aliphatic heterocycles. The van der Waals surface area contributed by atoms with Crippen LogP contribution in [0.3, 0.4) is 0 Å². The van der Waals surface area contributed by atoms with Crippen LogP contribution in [0.1, 0.15) is 15.5 Å². The van der Waals surface area contributed by atoms with Crippen molar-refractivity contribution in [3.63, 3.8) is 0 Å². The Kier molecular flexibility index (Phi) is 4.02. The summed E-state index contributed by atoms with van der Waals surface area (Å²) in [6.07, 6.45) is 0. The van der Waals surface area contributed by atoms with E-state index in [1.165, 1.54) is 22.8 Å². The molecule has 0 radical (unpaired) electrons. The van der Waals surface area contributed by atoms with Gasteiger partial charge in [0.05, 0.1) is 12.2 Å². The number of hydrogen-bond donors (Lipinski definition) is 3. The minimum absolute atomic E-state index is 0.0185. The van der Waals surface area contributed by atoms with Crippen molar-refractivity contribution in [2.45, 2.75) is 11.4 Å². The van der Waals surface area contributed by atoms with Crippen molar-refractivity contribution in [3.8, 4) is 0 Å². The molecule has 2 aromatic rings. The van der Waals surface area contributed by atoms with Crippen molar-refractivity contribution in [2.24, 2.45) is 5.14 Å². The second-order valence-corrected chi connectivity index (χ2v) is 6.30. The topological polar surface area (TPSA) is 122 Å². The first kappa shape index (κ1) is 14.4. The molecule has 1 aromatic heterocycles. The van der Waals surface area contributed by atoms with E-state index in [1.54, 1.807) is 18.2 Å². The summed E-state index contributed by atoms with van der Waals surface area (Å²) in [5, 5.41) is 18.7. The lowest BCUT2D eigenvalue weighted by molar-refractivity contribution is 0.0691. The number of aromatic nitrogens is 1. The highest BCUT2D eigenvalue weighted by Gasteiger charge is 2.14. The fraction of sp³-hybridized carbons (Fsp3) is 0.0909. The van der Waals surface area contributed by atoms with Crippen LogP contribution in [0.15, 0.2) is 34.5 Å². The fourth-order valence-corrected chi connectivity index (χ4v) is 2.94. The van der Waals surface area contributed by atoms with E-state index < -0.39 is 16.0 Å². The molecule has 0 saturated carbocycles. The number of sulfonamides is 1. The molecule has 0 aliphatic rings. The van der Waals surface area contributed by atoms with Gasteiger partial charge in [-0.3, -0.25) is 0 Å². The lowest BCUT2D eigenvalue weighted by Crippen LogP contribution is -2.15. The van der Waals surface area contributed by atoms with Crippen LogP contribution in [0, 0.1) is 0 Å². The predicted molar refractivity (Wildman–Crippen MR) is 74.2 cm³/mol. The number of aromatic carboxylic acids is 1. The number of nitrogens with two attached hydrogens (primary N) is 1. The Hall–Kier alpha value is -1.97. The average molecular weight is 313 g/mol. The Morgan fingerprint density at radius 1 is 1.40 bits per heavy atom. The summed E-state index contributed by atoms with van der Waals surface area (Å²) < 4.78 is 22.8. The summed E-state index contributed by atoms with van der Waals surface area (Å²) in [5.74, 6) is -1.10. The van der Waals surface area contributed by atoms with E-state index in [4.69, 9.17) is 10.2 Å². The maximum absolute atomic E-state index is 11.4. The number of carbonyl (C=O) groups is 1. The Bertz CT molecular complexity index is 740. The number of rotatable bonds is 5. The number of thiazole rings is 1. The number of para-hydroxylation sites is 1. The number of benzene rings is 1. The summed E-state index contributed by atoms with van der Waals surface area (Å²) in [7, 11) is -3.82. The Morgan fingerprint density at radius 3 is 2.70 bits per heavy atom. The van der Waals surface area contributed by atoms with Crippen LogP contribution in [-0.2, 0) is 16.6 Å². The summed E-state index contributed by atoms with van der Waals surface area (Å²) >= 11 is 1.18. The van der Waals surface area contributed by atoms with E-state index in [1.807, 2.05) is 0 Å². The zero-order chi connectivity index (χ0) is 14.8. The maximum atomic E-state index is 11.4. The number of hydrogen-bond acceptors (Lipinski definition) is 6. The minimum atomic E-state index is -3.82. The van der Waals surface area contributed by atoms with Crippen LogP contribution in [-0.4, -0.2) is 24.5 Å². The summed E-state index contributed by atoms with van der Waals surface area (Å²) in [6, 6.07) is 6.20. The lowest BCUT2D eigenvalue weighted by atomic mass is 10.3. The second kappa shape index (κ2) is 5.57. The molecule has 0 amide bonds. The molecular weight excluding hydrogens is 302 g/mol. The predicted octanol–water partition coefficient (Wildman–Crippen LogP) is 1.10. The standard InChI is InChI=1S/C11H11N3O4S2/c12-20(17,18)9-4-2-1-3-7(9)13-5-10-14-8(6-19-10)11(15)16/h1-4,6,13H,5H2,(H,15,16)(H2,12,17,18). The van der Waals surface area contributed by atoms with Crippen LogP contribution in [0.25, 0.3) is 0 Å². The molecule has 0 spiro atoms. The number of primary sulfonamides is 1. The van der Waals surface area contributed by atoms with Gasteiger partial charge in [0.15, 0.2) is 5.69 Å². The highest BCUT2D eigenvalue weighted by molar-refractivity contribution is 7.89. The molecule has 7 nitrogen and oxygen atoms in total. The first-order valence-electron chi connectivity index (χ1n) is 5.41. The Morgan fingerprint density at radius 2 is 2.10 bits per heavy atom. The van der Waals surface area contributed by atoms with Crippen molar-refractivity contribution < 1.29 is 18.3 Å². The summed E-state index contributed by atoms with van der Waals surface area (Å²) in [6.45, 7) is 0.213. The van der Waals surface area contributed by atoms with Crippen LogP contribution in [0.4, 0.5) is 5.69 Å². The van der Waals surface area contributed by atoms with Gasteiger partial charge in [0, 0.05) is 5.38 Å². The summed E-state index contributed by atoms with van der Waals surface area (Å²) in [5.41, 5.74) is 0.314. The van der Waals surface area contributed by atoms with Gasteiger partial charge in [0.2, 0.25) is 10.0 Å². The number of nitrogens with one attached hydrogen (secondary N) is 1. The zero-order valence-electron chi connectivity index (χ0n) is 10.1. The molecule has 0 bridgehead atoms. The van der Waals surface area contributed by atoms with Crippen molar-refractivity contribution in [2.75, 3.05) is 5.32 Å². The van der Waals surface area contributed by atoms with Crippen LogP contribution < -0.4 is 10.5 Å². The van der Waals surface area contributed by atoms with Crippen LogP contribution in [0.5, 0.6) is 0 Å². The summed E-state index contributed by atoms with van der Waals surface area (Å²) in [4.78, 5) is 14.6. The first-order chi connectivity index (χ1) is 9.38. The molecule has 1 heterocycles. The van der Waals surface area contributed by atoms with Crippen molar-refractivity contribution in [1.82, 2.24) is 4.98 Å². The Balaban J connectivity index is 2.17. The van der Waals surface area contributed by atoms with Gasteiger partial charge >= 0.3 is 5.97 Å². The average Bonchev–Trinajstić information content (AvgIpc) is 2.84. The van der Waals surface area contributed by atoms with Gasteiger partial charge < -0.3 is 10.4 Å². The van der Waals surface area contributed by atoms with Gasteiger partial charge in [0.1, 0.15) is 9.90 Å². The molecule has 9 heteroatoms. The molecule has 20 heavy (non-hydrogen) atoms. The van der Waals surface area contributed by atoms with E-state index in [0.717, 1.165) is 0 Å². The van der Waals surface area contributed by atoms with E-state index in [-0.39, 0.29) is 17.1 Å². The number of anilines is 1. The van der Waals surface area contributed by atoms with Gasteiger partial charge in [0.25, 0.3) is 0 Å². The van der Waals surface area contributed by atoms with Crippen LogP contribution >= 0.6 is 11.3 Å². The minimum Gasteiger partial charge on any atom is -0.476 e. The van der Waals surface area contributed by atoms with Gasteiger partial charge in [-0.25, -0.2) is 23.3 Å². The fourth-order valence-electron chi connectivity index (χ4n) is 1.52. The highest BCUT2D eigenvalue weighted by Crippen LogP contribution is 2.20. The quantitative estimate of drug-likeness (QED) is 0.759. The SMILES string of the molecule is NS(=O)(=O)c1ccccc1NCc1nc(C(=O)O)cs1. The third-order valence-corrected chi connectivity index (χ3v) is 4.21. The van der Waals surface area contributed by atoms with E-state index in [9.17, 15) is 13.2 Å². The third kappa shape index (κ3) is 3.32. The second-order valence-electron chi connectivity index (χ2n) is 3.83. The van der Waals surface area contributed by atoms with Gasteiger partial charge in [-0.05, 0) is 12.1 Å². The molecule has 0 fully saturated rings. The molecule has 4 N–H and O–H groups in total. The van der Waals surface area contributed by atoms with Crippen molar-refractivity contribution in [1.29, 1.82) is 0 Å². The molecule has 0 atom stereocenters. The maximum Gasteiger partial charge on any atom is 0.355 e. The molecule has 2 rings (SSSR count). The number of nitrogens with zero attached hydrogens (tertiary/aromatic N) is 1. The largest absolute Gasteiger partial charge is 0.476 e. The molecule has 0 unspecified atom stereocenters. The van der Waals surface area contributed by atoms with E-state index in [0.29, 0.717) is 10.7 Å². The zero-order valence-corrected chi connectivity index (χ0v) is 11.7. The van der Waals surface area contributed by atoms with E-state index >= 15 is 0 Å². The molecule has 0 saturated heterocycles. The number of carboxylic acid groups (broad SMARTS) is 1. The molecular formula is C11H11N3O4S2. The smallest absolute Gasteiger partial charge is 0.355 e. The molecule has 0 aliphatic carbocycles. The number of carboxylic acids is 1. The molecule has 1 aromatic carbocycles. The normalized spacial score (nSPS) is 11.2. The van der Waals surface area contributed by atoms with Crippen molar-refractivity contribution >= 4 is 33.0 Å². The third-order valence-electron chi connectivity index (χ3n) is 2.39. The van der Waals surface area contributed by atoms with Crippen LogP contribution in [0.2, 0.25) is 0 Å². The Labute approximate surface area is 119 Å². The monoisotopic (exact) mass is 313 g/mol. The molecule has 106 valence electrons. The van der Waals surface area contributed by atoms with Gasteiger partial charge in [-0.2, -0.15) is 0 Å². The van der Waals surface area contributed by atoms with E-state index in [2.05, 4.69) is 10.3 Å². The first-order valence-corrected chi connectivity index (χ1v) is 7.84. The lowest BCUT2D eigenvalue weighted by Gasteiger charge is -2.08. The van der Waals surface area contributed by atoms with Gasteiger partial charge in [-0.1, -0.05) is 12.1 Å². The highest BCUT2D eigenvalue weighted by atomic mass is 32.2. The van der Waals surface area contributed by atoms with Gasteiger partial charge in [-0.15, -0.1) is 11.3 Å².